The number of rotatable bonds is 4. The highest BCUT2D eigenvalue weighted by molar-refractivity contribution is 5.83. The summed E-state index contributed by atoms with van der Waals surface area (Å²) in [6.07, 6.45) is 4.11. The van der Waals surface area contributed by atoms with E-state index in [0.29, 0.717) is 24.9 Å². The standard InChI is InChI=1S/C17H25NO3/c1-12-9-13(11-18(2)3)15(19)14(10-12)17(16(20)21)7-5-4-6-8-17/h9-10,19H,4-8,11H2,1-3H3,(H,20,21). The van der Waals surface area contributed by atoms with Crippen LogP contribution in [0.15, 0.2) is 12.1 Å². The minimum atomic E-state index is -0.921. The predicted molar refractivity (Wildman–Crippen MR) is 82.6 cm³/mol. The molecule has 1 aliphatic rings. The smallest absolute Gasteiger partial charge is 0.314 e. The molecule has 0 radical (unpaired) electrons. The first-order valence-corrected chi connectivity index (χ1v) is 7.58. The van der Waals surface area contributed by atoms with Gasteiger partial charge in [-0.3, -0.25) is 4.79 Å². The van der Waals surface area contributed by atoms with E-state index in [0.717, 1.165) is 30.4 Å². The molecule has 4 nitrogen and oxygen atoms in total. The van der Waals surface area contributed by atoms with Gasteiger partial charge in [-0.2, -0.15) is 0 Å². The summed E-state index contributed by atoms with van der Waals surface area (Å²) in [7, 11) is 3.88. The quantitative estimate of drug-likeness (QED) is 0.895. The maximum Gasteiger partial charge on any atom is 0.314 e. The van der Waals surface area contributed by atoms with Gasteiger partial charge >= 0.3 is 5.97 Å². The zero-order valence-electron chi connectivity index (χ0n) is 13.1. The van der Waals surface area contributed by atoms with Crippen LogP contribution in [0, 0.1) is 6.92 Å². The van der Waals surface area contributed by atoms with Crippen molar-refractivity contribution in [3.05, 3.63) is 28.8 Å². The van der Waals surface area contributed by atoms with E-state index in [-0.39, 0.29) is 5.75 Å². The molecule has 1 aromatic carbocycles. The molecule has 0 aliphatic heterocycles. The molecule has 1 saturated carbocycles. The number of carboxylic acid groups (broad SMARTS) is 1. The van der Waals surface area contributed by atoms with Crippen molar-refractivity contribution in [2.75, 3.05) is 14.1 Å². The Labute approximate surface area is 126 Å². The maximum absolute atomic E-state index is 12.0. The number of nitrogens with zero attached hydrogens (tertiary/aromatic N) is 1. The Morgan fingerprint density at radius 3 is 2.38 bits per heavy atom. The van der Waals surface area contributed by atoms with Crippen LogP contribution in [0.5, 0.6) is 5.75 Å². The fourth-order valence-corrected chi connectivity index (χ4v) is 3.43. The van der Waals surface area contributed by atoms with Crippen molar-refractivity contribution in [1.82, 2.24) is 4.90 Å². The number of carbonyl (C=O) groups is 1. The van der Waals surface area contributed by atoms with Crippen molar-refractivity contribution in [2.45, 2.75) is 51.0 Å². The molecule has 0 aromatic heterocycles. The third-order valence-electron chi connectivity index (χ3n) is 4.45. The Morgan fingerprint density at radius 1 is 1.24 bits per heavy atom. The maximum atomic E-state index is 12.0. The Balaban J connectivity index is 2.55. The first kappa shape index (κ1) is 15.8. The number of aliphatic carboxylic acids is 1. The Kier molecular flexibility index (Phi) is 4.57. The number of phenols is 1. The highest BCUT2D eigenvalue weighted by atomic mass is 16.4. The number of aromatic hydroxyl groups is 1. The molecule has 21 heavy (non-hydrogen) atoms. The van der Waals surface area contributed by atoms with Crippen molar-refractivity contribution < 1.29 is 15.0 Å². The van der Waals surface area contributed by atoms with Crippen molar-refractivity contribution in [1.29, 1.82) is 0 Å². The zero-order valence-corrected chi connectivity index (χ0v) is 13.1. The van der Waals surface area contributed by atoms with Gasteiger partial charge < -0.3 is 15.1 Å². The van der Waals surface area contributed by atoms with Gasteiger partial charge in [0.2, 0.25) is 0 Å². The largest absolute Gasteiger partial charge is 0.507 e. The van der Waals surface area contributed by atoms with E-state index in [2.05, 4.69) is 0 Å². The highest BCUT2D eigenvalue weighted by Crippen LogP contribution is 2.44. The summed E-state index contributed by atoms with van der Waals surface area (Å²) in [5.74, 6) is -0.641. The minimum absolute atomic E-state index is 0.165. The molecule has 1 aliphatic carbocycles. The average molecular weight is 291 g/mol. The van der Waals surface area contributed by atoms with Gasteiger partial charge in [0.25, 0.3) is 0 Å². The minimum Gasteiger partial charge on any atom is -0.507 e. The molecule has 0 spiro atoms. The summed E-state index contributed by atoms with van der Waals surface area (Å²) in [5, 5.41) is 20.4. The summed E-state index contributed by atoms with van der Waals surface area (Å²) < 4.78 is 0. The van der Waals surface area contributed by atoms with Gasteiger partial charge in [-0.15, -0.1) is 0 Å². The second kappa shape index (κ2) is 6.06. The van der Waals surface area contributed by atoms with E-state index in [1.165, 1.54) is 0 Å². The summed E-state index contributed by atoms with van der Waals surface area (Å²) in [6.45, 7) is 2.57. The van der Waals surface area contributed by atoms with E-state index >= 15 is 0 Å². The summed E-state index contributed by atoms with van der Waals surface area (Å²) in [4.78, 5) is 13.9. The lowest BCUT2D eigenvalue weighted by Gasteiger charge is -2.35. The SMILES string of the molecule is Cc1cc(CN(C)C)c(O)c(C2(C(=O)O)CCCCC2)c1. The van der Waals surface area contributed by atoms with Gasteiger partial charge in [0.05, 0.1) is 5.41 Å². The van der Waals surface area contributed by atoms with Gasteiger partial charge in [0.1, 0.15) is 5.75 Å². The van der Waals surface area contributed by atoms with Gasteiger partial charge in [-0.25, -0.2) is 0 Å². The van der Waals surface area contributed by atoms with Crippen LogP contribution in [0.2, 0.25) is 0 Å². The normalized spacial score (nSPS) is 17.9. The average Bonchev–Trinajstić information content (AvgIpc) is 2.42. The topological polar surface area (TPSA) is 60.8 Å². The van der Waals surface area contributed by atoms with Gasteiger partial charge in [-0.05, 0) is 33.9 Å². The summed E-state index contributed by atoms with van der Waals surface area (Å²) in [6, 6.07) is 3.80. The molecular weight excluding hydrogens is 266 g/mol. The van der Waals surface area contributed by atoms with Gasteiger partial charge in [-0.1, -0.05) is 37.0 Å². The molecule has 1 fully saturated rings. The molecule has 116 valence electrons. The van der Waals surface area contributed by atoms with Crippen LogP contribution in [-0.4, -0.2) is 35.2 Å². The molecule has 0 unspecified atom stereocenters. The van der Waals surface area contributed by atoms with Crippen LogP contribution in [0.1, 0.15) is 48.8 Å². The molecule has 2 N–H and O–H groups in total. The second-order valence-electron chi connectivity index (χ2n) is 6.51. The Bertz CT molecular complexity index is 531. The lowest BCUT2D eigenvalue weighted by molar-refractivity contribution is -0.145. The molecule has 0 saturated heterocycles. The highest BCUT2D eigenvalue weighted by Gasteiger charge is 2.43. The summed E-state index contributed by atoms with van der Waals surface area (Å²) in [5.41, 5.74) is 1.49. The van der Waals surface area contributed by atoms with Crippen LogP contribution in [0.3, 0.4) is 0 Å². The van der Waals surface area contributed by atoms with Crippen LogP contribution in [-0.2, 0) is 16.8 Å². The lowest BCUT2D eigenvalue weighted by Crippen LogP contribution is -2.38. The zero-order chi connectivity index (χ0) is 15.6. The third-order valence-corrected chi connectivity index (χ3v) is 4.45. The molecule has 2 rings (SSSR count). The number of hydrogen-bond acceptors (Lipinski definition) is 3. The second-order valence-corrected chi connectivity index (χ2v) is 6.51. The molecule has 0 atom stereocenters. The number of carboxylic acids is 1. The molecule has 0 bridgehead atoms. The van der Waals surface area contributed by atoms with E-state index in [4.69, 9.17) is 0 Å². The fourth-order valence-electron chi connectivity index (χ4n) is 3.43. The van der Waals surface area contributed by atoms with E-state index in [9.17, 15) is 15.0 Å². The van der Waals surface area contributed by atoms with Crippen molar-refractivity contribution >= 4 is 5.97 Å². The van der Waals surface area contributed by atoms with Gasteiger partial charge in [0.15, 0.2) is 0 Å². The number of benzene rings is 1. The van der Waals surface area contributed by atoms with E-state index in [1.54, 1.807) is 0 Å². The number of phenolic OH excluding ortho intramolecular Hbond substituents is 1. The van der Waals surface area contributed by atoms with Crippen molar-refractivity contribution in [3.8, 4) is 5.75 Å². The monoisotopic (exact) mass is 291 g/mol. The van der Waals surface area contributed by atoms with Crippen molar-refractivity contribution in [2.24, 2.45) is 0 Å². The van der Waals surface area contributed by atoms with Gasteiger partial charge in [0, 0.05) is 17.7 Å². The first-order chi connectivity index (χ1) is 9.86. The van der Waals surface area contributed by atoms with E-state index < -0.39 is 11.4 Å². The first-order valence-electron chi connectivity index (χ1n) is 7.58. The number of hydrogen-bond donors (Lipinski definition) is 2. The lowest BCUT2D eigenvalue weighted by atomic mass is 9.68. The van der Waals surface area contributed by atoms with Crippen LogP contribution < -0.4 is 0 Å². The van der Waals surface area contributed by atoms with Crippen LogP contribution in [0.4, 0.5) is 0 Å². The van der Waals surface area contributed by atoms with Crippen LogP contribution >= 0.6 is 0 Å². The molecule has 1 aromatic rings. The van der Waals surface area contributed by atoms with Crippen LogP contribution in [0.25, 0.3) is 0 Å². The molecule has 4 heteroatoms. The Morgan fingerprint density at radius 2 is 1.86 bits per heavy atom. The summed E-state index contributed by atoms with van der Waals surface area (Å²) >= 11 is 0. The fraction of sp³-hybridized carbons (Fsp3) is 0.588. The molecule has 0 amide bonds. The third kappa shape index (κ3) is 3.05. The molecular formula is C17H25NO3. The van der Waals surface area contributed by atoms with Crippen molar-refractivity contribution in [3.63, 3.8) is 0 Å². The predicted octanol–water partition coefficient (Wildman–Crippen LogP) is 3.05. The Hall–Kier alpha value is -1.55. The number of aryl methyl sites for hydroxylation is 1. The van der Waals surface area contributed by atoms with E-state index in [1.807, 2.05) is 38.1 Å². The molecule has 0 heterocycles.